The lowest BCUT2D eigenvalue weighted by Crippen LogP contribution is -2.24. The van der Waals surface area contributed by atoms with Crippen LogP contribution in [0.4, 0.5) is 4.39 Å². The van der Waals surface area contributed by atoms with Crippen LogP contribution in [0, 0.1) is 5.82 Å². The standard InChI is InChI=1S/C23H20FIN8O2/c1-23(2,3)22-31-21(35-32-22)20(34)27-9-13-5-4-12(8-16(13)24)15-6-7-26-19-17(15)29-18(30-19)14-10-28-33(25)11-14/h4-8,10-11H,9H2,1-3H3,(H,27,34)(H,26,29,30). The summed E-state index contributed by atoms with van der Waals surface area (Å²) in [6.07, 6.45) is 5.16. The number of carbonyl (C=O) groups excluding carboxylic acids is 1. The van der Waals surface area contributed by atoms with E-state index in [9.17, 15) is 9.18 Å². The third kappa shape index (κ3) is 4.65. The summed E-state index contributed by atoms with van der Waals surface area (Å²) in [4.78, 5) is 28.6. The summed E-state index contributed by atoms with van der Waals surface area (Å²) in [6, 6.07) is 6.63. The molecule has 4 aromatic heterocycles. The van der Waals surface area contributed by atoms with Gasteiger partial charge in [-0.25, -0.2) is 17.3 Å². The molecule has 0 saturated carbocycles. The third-order valence-corrected chi connectivity index (χ3v) is 5.84. The lowest BCUT2D eigenvalue weighted by Gasteiger charge is -2.10. The maximum absolute atomic E-state index is 15.0. The minimum absolute atomic E-state index is 0.0293. The Morgan fingerprint density at radius 3 is 2.74 bits per heavy atom. The number of amides is 1. The van der Waals surface area contributed by atoms with Gasteiger partial charge in [-0.3, -0.25) is 4.79 Å². The second-order valence-electron chi connectivity index (χ2n) is 8.92. The first-order valence-electron chi connectivity index (χ1n) is 10.7. The van der Waals surface area contributed by atoms with Crippen LogP contribution in [0.1, 0.15) is 42.8 Å². The first-order chi connectivity index (χ1) is 16.7. The summed E-state index contributed by atoms with van der Waals surface area (Å²) >= 11 is 2.05. The molecule has 5 rings (SSSR count). The lowest BCUT2D eigenvalue weighted by atomic mass is 9.96. The van der Waals surface area contributed by atoms with Crippen LogP contribution in [0.2, 0.25) is 0 Å². The fourth-order valence-corrected chi connectivity index (χ4v) is 3.86. The highest BCUT2D eigenvalue weighted by Crippen LogP contribution is 2.29. The SMILES string of the molecule is CC(C)(C)c1noc(C(=O)NCc2ccc(-c3ccnc4nc(-c5cnn(I)c5)[nH]c34)cc2F)n1. The molecule has 0 unspecified atom stereocenters. The van der Waals surface area contributed by atoms with Crippen LogP contribution in [0.15, 0.2) is 47.4 Å². The van der Waals surface area contributed by atoms with Gasteiger partial charge >= 0.3 is 11.8 Å². The van der Waals surface area contributed by atoms with Crippen LogP contribution < -0.4 is 5.32 Å². The molecular weight excluding hydrogens is 566 g/mol. The van der Waals surface area contributed by atoms with E-state index in [0.717, 1.165) is 11.1 Å². The van der Waals surface area contributed by atoms with Gasteiger partial charge < -0.3 is 14.8 Å². The number of nitrogens with zero attached hydrogens (tertiary/aromatic N) is 6. The van der Waals surface area contributed by atoms with E-state index in [2.05, 4.69) is 58.4 Å². The van der Waals surface area contributed by atoms with Gasteiger partial charge in [0.1, 0.15) is 11.6 Å². The topological polar surface area (TPSA) is 127 Å². The molecular formula is C23H20FIN8O2. The van der Waals surface area contributed by atoms with E-state index in [1.165, 1.54) is 6.07 Å². The van der Waals surface area contributed by atoms with Crippen molar-refractivity contribution in [1.29, 1.82) is 0 Å². The fourth-order valence-electron chi connectivity index (χ4n) is 3.44. The molecule has 0 aliphatic rings. The number of benzene rings is 1. The molecule has 2 N–H and O–H groups in total. The molecule has 0 atom stereocenters. The normalized spacial score (nSPS) is 11.8. The van der Waals surface area contributed by atoms with Crippen LogP contribution in [-0.4, -0.2) is 39.0 Å². The number of fused-ring (bicyclic) bond motifs is 1. The molecule has 1 amide bonds. The first-order valence-corrected chi connectivity index (χ1v) is 11.6. The largest absolute Gasteiger partial charge is 0.344 e. The van der Waals surface area contributed by atoms with Crippen LogP contribution in [0.3, 0.4) is 0 Å². The second kappa shape index (κ2) is 8.83. The Hall–Kier alpha value is -3.68. The number of pyridine rings is 1. The number of rotatable bonds is 5. The van der Waals surface area contributed by atoms with Crippen molar-refractivity contribution in [2.75, 3.05) is 0 Å². The van der Waals surface area contributed by atoms with E-state index in [1.54, 1.807) is 33.5 Å². The van der Waals surface area contributed by atoms with Crippen molar-refractivity contribution in [2.24, 2.45) is 0 Å². The van der Waals surface area contributed by atoms with Gasteiger partial charge in [0.2, 0.25) is 0 Å². The summed E-state index contributed by atoms with van der Waals surface area (Å²) in [5, 5.41) is 10.6. The Kier molecular flexibility index (Phi) is 5.83. The second-order valence-corrected chi connectivity index (χ2v) is 9.91. The Morgan fingerprint density at radius 2 is 2.06 bits per heavy atom. The van der Waals surface area contributed by atoms with Crippen LogP contribution in [0.5, 0.6) is 0 Å². The number of imidazole rings is 1. The molecule has 5 aromatic rings. The number of hydrogen-bond acceptors (Lipinski definition) is 7. The van der Waals surface area contributed by atoms with Crippen molar-refractivity contribution >= 4 is 39.9 Å². The van der Waals surface area contributed by atoms with Gasteiger partial charge in [-0.2, -0.15) is 10.1 Å². The van der Waals surface area contributed by atoms with Crippen LogP contribution >= 0.6 is 22.9 Å². The molecule has 4 heterocycles. The van der Waals surface area contributed by atoms with Crippen molar-refractivity contribution in [3.63, 3.8) is 0 Å². The number of H-pyrrole nitrogens is 1. The number of carbonyl (C=O) groups is 1. The predicted molar refractivity (Wildman–Crippen MR) is 134 cm³/mol. The molecule has 0 aliphatic heterocycles. The highest BCUT2D eigenvalue weighted by Gasteiger charge is 2.24. The molecule has 0 bridgehead atoms. The van der Waals surface area contributed by atoms with E-state index < -0.39 is 11.7 Å². The molecule has 35 heavy (non-hydrogen) atoms. The van der Waals surface area contributed by atoms with Gasteiger partial charge in [0.15, 0.2) is 11.5 Å². The van der Waals surface area contributed by atoms with Gasteiger partial charge in [-0.15, -0.1) is 0 Å². The maximum Gasteiger partial charge on any atom is 0.315 e. The molecule has 0 spiro atoms. The summed E-state index contributed by atoms with van der Waals surface area (Å²) in [7, 11) is 0. The van der Waals surface area contributed by atoms with E-state index in [1.807, 2.05) is 27.0 Å². The van der Waals surface area contributed by atoms with E-state index in [4.69, 9.17) is 4.52 Å². The Morgan fingerprint density at radius 1 is 1.23 bits per heavy atom. The molecule has 0 radical (unpaired) electrons. The Labute approximate surface area is 212 Å². The monoisotopic (exact) mass is 586 g/mol. The van der Waals surface area contributed by atoms with Crippen LogP contribution in [-0.2, 0) is 12.0 Å². The molecule has 10 nitrogen and oxygen atoms in total. The zero-order chi connectivity index (χ0) is 24.7. The van der Waals surface area contributed by atoms with Gasteiger partial charge in [-0.1, -0.05) is 38.1 Å². The highest BCUT2D eigenvalue weighted by molar-refractivity contribution is 14.1. The maximum atomic E-state index is 15.0. The summed E-state index contributed by atoms with van der Waals surface area (Å²) in [5.74, 6) is -0.133. The number of nitrogens with one attached hydrogen (secondary N) is 2. The minimum Gasteiger partial charge on any atom is -0.344 e. The quantitative estimate of drug-likeness (QED) is 0.292. The smallest absolute Gasteiger partial charge is 0.315 e. The first kappa shape index (κ1) is 23.1. The fraction of sp³-hybridized carbons (Fsp3) is 0.217. The molecule has 178 valence electrons. The molecule has 0 fully saturated rings. The zero-order valence-corrected chi connectivity index (χ0v) is 21.2. The van der Waals surface area contributed by atoms with Crippen molar-refractivity contribution in [1.82, 2.24) is 38.4 Å². The highest BCUT2D eigenvalue weighted by atomic mass is 127. The van der Waals surface area contributed by atoms with Gasteiger partial charge in [0.25, 0.3) is 0 Å². The van der Waals surface area contributed by atoms with Crippen molar-refractivity contribution in [2.45, 2.75) is 32.7 Å². The van der Waals surface area contributed by atoms with E-state index in [-0.39, 0.29) is 17.9 Å². The van der Waals surface area contributed by atoms with E-state index in [0.29, 0.717) is 33.9 Å². The Bertz CT molecular complexity index is 1550. The minimum atomic E-state index is -0.563. The predicted octanol–water partition coefficient (Wildman–Crippen LogP) is 4.44. The lowest BCUT2D eigenvalue weighted by molar-refractivity contribution is 0.0906. The summed E-state index contributed by atoms with van der Waals surface area (Å²) < 4.78 is 21.7. The Balaban J connectivity index is 1.36. The third-order valence-electron chi connectivity index (χ3n) is 5.31. The average Bonchev–Trinajstić information content (AvgIpc) is 3.56. The summed E-state index contributed by atoms with van der Waals surface area (Å²) in [5.41, 5.74) is 3.40. The van der Waals surface area contributed by atoms with Gasteiger partial charge in [0.05, 0.1) is 40.1 Å². The van der Waals surface area contributed by atoms with Crippen LogP contribution in [0.25, 0.3) is 33.7 Å². The zero-order valence-electron chi connectivity index (χ0n) is 19.0. The number of halogens is 2. The van der Waals surface area contributed by atoms with Crippen molar-refractivity contribution < 1.29 is 13.7 Å². The number of aromatic nitrogens is 7. The molecule has 0 saturated heterocycles. The number of hydrogen-bond donors (Lipinski definition) is 2. The molecule has 1 aromatic carbocycles. The van der Waals surface area contributed by atoms with Gasteiger partial charge in [-0.05, 0) is 17.7 Å². The van der Waals surface area contributed by atoms with Gasteiger partial charge in [0, 0.05) is 35.5 Å². The molecule has 12 heteroatoms. The molecule has 0 aliphatic carbocycles. The van der Waals surface area contributed by atoms with Crippen molar-refractivity contribution in [3.8, 4) is 22.5 Å². The van der Waals surface area contributed by atoms with Crippen molar-refractivity contribution in [3.05, 3.63) is 66.0 Å². The summed E-state index contributed by atoms with van der Waals surface area (Å²) in [6.45, 7) is 5.71. The number of aromatic amines is 1. The average molecular weight is 586 g/mol. The van der Waals surface area contributed by atoms with E-state index >= 15 is 0 Å².